The van der Waals surface area contributed by atoms with E-state index in [1.807, 2.05) is 18.2 Å². The largest absolute Gasteiger partial charge is 0.496 e. The summed E-state index contributed by atoms with van der Waals surface area (Å²) in [5.74, 6) is 1.56. The molecule has 118 valence electrons. The number of benzene rings is 1. The fraction of sp³-hybridized carbons (Fsp3) is 0.647. The summed E-state index contributed by atoms with van der Waals surface area (Å²) in [6, 6.07) is 8.15. The van der Waals surface area contributed by atoms with Gasteiger partial charge in [0.15, 0.2) is 0 Å². The Morgan fingerprint density at radius 3 is 2.67 bits per heavy atom. The van der Waals surface area contributed by atoms with Gasteiger partial charge in [-0.25, -0.2) is 0 Å². The van der Waals surface area contributed by atoms with Crippen molar-refractivity contribution in [3.05, 3.63) is 29.8 Å². The standard InChI is InChI=1S/C17H27NO2S/c1-3-18-16(15-11-7-8-12-17(15)20-2)13-21(19)14-9-5-4-6-10-14/h7-8,11-12,14,16,18H,3-6,9-10,13H2,1-2H3. The average molecular weight is 309 g/mol. The summed E-state index contributed by atoms with van der Waals surface area (Å²) >= 11 is 0. The van der Waals surface area contributed by atoms with Crippen molar-refractivity contribution in [2.24, 2.45) is 0 Å². The lowest BCUT2D eigenvalue weighted by Crippen LogP contribution is -2.30. The van der Waals surface area contributed by atoms with Gasteiger partial charge in [0.05, 0.1) is 7.11 Å². The first-order valence-electron chi connectivity index (χ1n) is 7.99. The predicted octanol–water partition coefficient (Wildman–Crippen LogP) is 3.43. The van der Waals surface area contributed by atoms with E-state index in [0.717, 1.165) is 30.7 Å². The number of methoxy groups -OCH3 is 1. The summed E-state index contributed by atoms with van der Waals surface area (Å²) in [6.45, 7) is 2.95. The number of hydrogen-bond acceptors (Lipinski definition) is 3. The first kappa shape index (κ1) is 16.5. The first-order chi connectivity index (χ1) is 10.3. The van der Waals surface area contributed by atoms with Crippen LogP contribution in [-0.4, -0.2) is 28.9 Å². The van der Waals surface area contributed by atoms with Crippen LogP contribution in [0.4, 0.5) is 0 Å². The number of nitrogens with one attached hydrogen (secondary N) is 1. The minimum atomic E-state index is -0.767. The maximum Gasteiger partial charge on any atom is 0.123 e. The average Bonchev–Trinajstić information content (AvgIpc) is 2.55. The summed E-state index contributed by atoms with van der Waals surface area (Å²) in [4.78, 5) is 0. The number of para-hydroxylation sites is 1. The van der Waals surface area contributed by atoms with Crippen molar-refractivity contribution in [3.8, 4) is 5.75 Å². The second kappa shape index (κ2) is 8.54. The highest BCUT2D eigenvalue weighted by molar-refractivity contribution is 7.85. The van der Waals surface area contributed by atoms with Crippen molar-refractivity contribution in [1.82, 2.24) is 5.32 Å². The first-order valence-corrected chi connectivity index (χ1v) is 9.38. The lowest BCUT2D eigenvalue weighted by Gasteiger charge is -2.25. The molecule has 1 aromatic rings. The molecule has 0 amide bonds. The summed E-state index contributed by atoms with van der Waals surface area (Å²) in [6.07, 6.45) is 6.01. The minimum Gasteiger partial charge on any atom is -0.496 e. The van der Waals surface area contributed by atoms with Gasteiger partial charge in [0.1, 0.15) is 5.75 Å². The van der Waals surface area contributed by atoms with Gasteiger partial charge < -0.3 is 10.1 Å². The fourth-order valence-electron chi connectivity index (χ4n) is 3.09. The van der Waals surface area contributed by atoms with Crippen LogP contribution in [0.1, 0.15) is 50.6 Å². The van der Waals surface area contributed by atoms with Gasteiger partial charge in [-0.05, 0) is 25.5 Å². The third kappa shape index (κ3) is 4.55. The van der Waals surface area contributed by atoms with Gasteiger partial charge in [-0.2, -0.15) is 0 Å². The molecular formula is C17H27NO2S. The van der Waals surface area contributed by atoms with Crippen LogP contribution in [0.3, 0.4) is 0 Å². The van der Waals surface area contributed by atoms with Crippen LogP contribution in [0.2, 0.25) is 0 Å². The second-order valence-corrected chi connectivity index (χ2v) is 7.42. The van der Waals surface area contributed by atoms with E-state index in [9.17, 15) is 4.21 Å². The van der Waals surface area contributed by atoms with Gasteiger partial charge in [-0.3, -0.25) is 4.21 Å². The molecule has 1 fully saturated rings. The summed E-state index contributed by atoms with van der Waals surface area (Å²) in [5.41, 5.74) is 1.12. The minimum absolute atomic E-state index is 0.105. The second-order valence-electron chi connectivity index (χ2n) is 5.66. The highest BCUT2D eigenvalue weighted by Gasteiger charge is 2.24. The molecule has 0 bridgehead atoms. The monoisotopic (exact) mass is 309 g/mol. The molecule has 0 aliphatic heterocycles. The summed E-state index contributed by atoms with van der Waals surface area (Å²) < 4.78 is 18.1. The Hall–Kier alpha value is -0.870. The van der Waals surface area contributed by atoms with E-state index in [1.165, 1.54) is 19.3 Å². The Morgan fingerprint density at radius 1 is 1.29 bits per heavy atom. The molecule has 0 radical (unpaired) electrons. The topological polar surface area (TPSA) is 38.3 Å². The van der Waals surface area contributed by atoms with Crippen LogP contribution >= 0.6 is 0 Å². The van der Waals surface area contributed by atoms with Gasteiger partial charge in [0, 0.05) is 33.4 Å². The van der Waals surface area contributed by atoms with Crippen LogP contribution in [0.25, 0.3) is 0 Å². The normalized spacial score (nSPS) is 19.1. The van der Waals surface area contributed by atoms with E-state index in [1.54, 1.807) is 7.11 Å². The number of hydrogen-bond donors (Lipinski definition) is 1. The Kier molecular flexibility index (Phi) is 6.71. The van der Waals surface area contributed by atoms with Crippen molar-refractivity contribution in [2.75, 3.05) is 19.4 Å². The predicted molar refractivity (Wildman–Crippen MR) is 89.3 cm³/mol. The zero-order valence-corrected chi connectivity index (χ0v) is 14.0. The molecule has 0 saturated heterocycles. The van der Waals surface area contributed by atoms with E-state index >= 15 is 0 Å². The van der Waals surface area contributed by atoms with E-state index in [2.05, 4.69) is 18.3 Å². The van der Waals surface area contributed by atoms with E-state index in [4.69, 9.17) is 4.74 Å². The lowest BCUT2D eigenvalue weighted by atomic mass is 10.0. The van der Waals surface area contributed by atoms with E-state index in [-0.39, 0.29) is 6.04 Å². The highest BCUT2D eigenvalue weighted by atomic mass is 32.2. The Bertz CT molecular complexity index is 458. The van der Waals surface area contributed by atoms with E-state index in [0.29, 0.717) is 11.0 Å². The van der Waals surface area contributed by atoms with Crippen molar-refractivity contribution in [2.45, 2.75) is 50.3 Å². The molecule has 0 spiro atoms. The van der Waals surface area contributed by atoms with Gasteiger partial charge >= 0.3 is 0 Å². The fourth-order valence-corrected chi connectivity index (χ4v) is 4.84. The molecule has 2 atom stereocenters. The van der Waals surface area contributed by atoms with Crippen LogP contribution in [0, 0.1) is 0 Å². The van der Waals surface area contributed by atoms with Crippen LogP contribution in [0.15, 0.2) is 24.3 Å². The summed E-state index contributed by atoms with van der Waals surface area (Å²) in [5, 5.41) is 3.85. The van der Waals surface area contributed by atoms with E-state index < -0.39 is 10.8 Å². The summed E-state index contributed by atoms with van der Waals surface area (Å²) in [7, 11) is 0.928. The Labute approximate surface area is 130 Å². The number of ether oxygens (including phenoxy) is 1. The maximum absolute atomic E-state index is 12.7. The maximum atomic E-state index is 12.7. The molecule has 21 heavy (non-hydrogen) atoms. The van der Waals surface area contributed by atoms with Gasteiger partial charge in [-0.15, -0.1) is 0 Å². The van der Waals surface area contributed by atoms with Crippen molar-refractivity contribution >= 4 is 10.8 Å². The Balaban J connectivity index is 2.09. The van der Waals surface area contributed by atoms with Gasteiger partial charge in [-0.1, -0.05) is 44.4 Å². The van der Waals surface area contributed by atoms with Crippen molar-refractivity contribution < 1.29 is 8.95 Å². The Morgan fingerprint density at radius 2 is 2.00 bits per heavy atom. The van der Waals surface area contributed by atoms with Crippen molar-refractivity contribution in [3.63, 3.8) is 0 Å². The molecule has 1 saturated carbocycles. The van der Waals surface area contributed by atoms with Gasteiger partial charge in [0.2, 0.25) is 0 Å². The molecule has 1 N–H and O–H groups in total. The molecule has 1 aromatic carbocycles. The van der Waals surface area contributed by atoms with Gasteiger partial charge in [0.25, 0.3) is 0 Å². The molecule has 3 nitrogen and oxygen atoms in total. The third-order valence-corrected chi connectivity index (χ3v) is 6.10. The highest BCUT2D eigenvalue weighted by Crippen LogP contribution is 2.28. The smallest absolute Gasteiger partial charge is 0.123 e. The van der Waals surface area contributed by atoms with Crippen LogP contribution < -0.4 is 10.1 Å². The molecule has 4 heteroatoms. The lowest BCUT2D eigenvalue weighted by molar-refractivity contribution is 0.402. The quantitative estimate of drug-likeness (QED) is 0.838. The molecule has 1 aliphatic rings. The third-order valence-electron chi connectivity index (χ3n) is 4.22. The molecule has 0 heterocycles. The molecule has 0 aromatic heterocycles. The molecular weight excluding hydrogens is 282 g/mol. The zero-order chi connectivity index (χ0) is 15.1. The SMILES string of the molecule is CCNC(CS(=O)C1CCCCC1)c1ccccc1OC. The molecule has 2 unspecified atom stereocenters. The van der Waals surface area contributed by atoms with Crippen LogP contribution in [-0.2, 0) is 10.8 Å². The van der Waals surface area contributed by atoms with Crippen molar-refractivity contribution in [1.29, 1.82) is 0 Å². The number of rotatable bonds is 7. The molecule has 2 rings (SSSR count). The molecule has 1 aliphatic carbocycles. The van der Waals surface area contributed by atoms with Crippen LogP contribution in [0.5, 0.6) is 5.75 Å². The zero-order valence-electron chi connectivity index (χ0n) is 13.1.